The molecule has 0 radical (unpaired) electrons. The molecule has 2 heteroatoms. The van der Waals surface area contributed by atoms with Gasteiger partial charge in [0.15, 0.2) is 0 Å². The number of hydrogen-bond donors (Lipinski definition) is 0. The molecule has 1 nitrogen and oxygen atoms in total. The summed E-state index contributed by atoms with van der Waals surface area (Å²) in [6.45, 7) is 4.67. The molecule has 1 aliphatic carbocycles. The number of nitrogens with zero attached hydrogens (tertiary/aromatic N) is 1. The van der Waals surface area contributed by atoms with Gasteiger partial charge in [0.25, 0.3) is 0 Å². The fourth-order valence-corrected chi connectivity index (χ4v) is 8.81. The van der Waals surface area contributed by atoms with Crippen molar-refractivity contribution in [2.45, 2.75) is 19.3 Å². The van der Waals surface area contributed by atoms with Crippen molar-refractivity contribution in [2.24, 2.45) is 0 Å². The number of anilines is 3. The minimum atomic E-state index is -0.236. The van der Waals surface area contributed by atoms with E-state index in [1.807, 2.05) is 6.07 Å². The lowest BCUT2D eigenvalue weighted by atomic mass is 9.82. The predicted molar refractivity (Wildman–Crippen MR) is 230 cm³/mol. The summed E-state index contributed by atoms with van der Waals surface area (Å²) in [7, 11) is 0. The van der Waals surface area contributed by atoms with Crippen molar-refractivity contribution in [1.82, 2.24) is 0 Å². The number of halogens is 1. The van der Waals surface area contributed by atoms with E-state index in [4.69, 9.17) is 0 Å². The van der Waals surface area contributed by atoms with Crippen molar-refractivity contribution in [2.75, 3.05) is 4.90 Å². The Morgan fingerprint density at radius 1 is 0.382 bits per heavy atom. The molecule has 0 saturated heterocycles. The van der Waals surface area contributed by atoms with E-state index in [0.29, 0.717) is 0 Å². The molecule has 0 heterocycles. The lowest BCUT2D eigenvalue weighted by Crippen LogP contribution is -2.16. The third-order valence-corrected chi connectivity index (χ3v) is 11.5. The number of fused-ring (bicyclic) bond motifs is 5. The summed E-state index contributed by atoms with van der Waals surface area (Å²) in [6.07, 6.45) is 0. The highest BCUT2D eigenvalue weighted by Crippen LogP contribution is 2.51. The minimum Gasteiger partial charge on any atom is -0.310 e. The first-order valence-corrected chi connectivity index (χ1v) is 18.9. The van der Waals surface area contributed by atoms with Gasteiger partial charge in [0.2, 0.25) is 0 Å². The van der Waals surface area contributed by atoms with E-state index in [0.717, 1.165) is 50.1 Å². The van der Waals surface area contributed by atoms with Gasteiger partial charge in [-0.05, 0) is 126 Å². The van der Waals surface area contributed by atoms with Crippen LogP contribution >= 0.6 is 0 Å². The lowest BCUT2D eigenvalue weighted by molar-refractivity contribution is 0.628. The van der Waals surface area contributed by atoms with Gasteiger partial charge in [-0.2, -0.15) is 0 Å². The van der Waals surface area contributed by atoms with Crippen molar-refractivity contribution in [3.05, 3.63) is 211 Å². The van der Waals surface area contributed by atoms with Gasteiger partial charge in [-0.3, -0.25) is 0 Å². The number of rotatable bonds is 6. The molecule has 0 unspecified atom stereocenters. The first-order chi connectivity index (χ1) is 26.9. The summed E-state index contributed by atoms with van der Waals surface area (Å²) in [6, 6.07) is 68.3. The maximum Gasteiger partial charge on any atom is 0.123 e. The zero-order chi connectivity index (χ0) is 37.1. The van der Waals surface area contributed by atoms with Crippen LogP contribution in [-0.4, -0.2) is 0 Å². The van der Waals surface area contributed by atoms with Gasteiger partial charge in [-0.25, -0.2) is 4.39 Å². The van der Waals surface area contributed by atoms with Crippen LogP contribution in [0.5, 0.6) is 0 Å². The van der Waals surface area contributed by atoms with E-state index in [2.05, 4.69) is 189 Å². The predicted octanol–water partition coefficient (Wildman–Crippen LogP) is 14.9. The van der Waals surface area contributed by atoms with Crippen molar-refractivity contribution >= 4 is 38.6 Å². The Labute approximate surface area is 321 Å². The molecule has 0 aliphatic heterocycles. The standard InChI is InChI=1S/C53H38FN/c1-53(2)50-22-6-5-18-48(50)49-32-31-43(34-51(49)53)55(41-27-23-36(24-28-41)45-19-8-12-35-11-3-4-17-44(35)45)42-29-25-37(26-30-42)46-20-9-13-38-14-10-21-47(52(38)46)39-15-7-16-40(54)33-39/h3-34H,1-2H3. The molecule has 0 fully saturated rings. The van der Waals surface area contributed by atoms with E-state index < -0.39 is 0 Å². The van der Waals surface area contributed by atoms with Gasteiger partial charge in [-0.1, -0.05) is 159 Å². The van der Waals surface area contributed by atoms with Crippen molar-refractivity contribution in [1.29, 1.82) is 0 Å². The van der Waals surface area contributed by atoms with E-state index in [1.165, 1.54) is 50.2 Å². The van der Waals surface area contributed by atoms with Crippen LogP contribution in [0, 0.1) is 5.82 Å². The van der Waals surface area contributed by atoms with Gasteiger partial charge < -0.3 is 4.90 Å². The van der Waals surface area contributed by atoms with Gasteiger partial charge >= 0.3 is 0 Å². The van der Waals surface area contributed by atoms with Crippen LogP contribution < -0.4 is 4.90 Å². The Balaban J connectivity index is 1.10. The van der Waals surface area contributed by atoms with Gasteiger partial charge in [0, 0.05) is 22.5 Å². The normalized spacial score (nSPS) is 12.8. The average Bonchev–Trinajstić information content (AvgIpc) is 3.46. The maximum absolute atomic E-state index is 14.4. The monoisotopic (exact) mass is 707 g/mol. The second-order valence-corrected chi connectivity index (χ2v) is 15.1. The molecule has 0 saturated carbocycles. The van der Waals surface area contributed by atoms with Crippen LogP contribution in [0.25, 0.3) is 66.1 Å². The SMILES string of the molecule is CC1(C)c2ccccc2-c2ccc(N(c3ccc(-c4cccc5ccccc45)cc3)c3ccc(-c4cccc5cccc(-c6cccc(F)c6)c45)cc3)cc21. The Morgan fingerprint density at radius 3 is 1.64 bits per heavy atom. The van der Waals surface area contributed by atoms with E-state index in [-0.39, 0.29) is 11.2 Å². The van der Waals surface area contributed by atoms with Crippen LogP contribution in [0.2, 0.25) is 0 Å². The summed E-state index contributed by atoms with van der Waals surface area (Å²) in [4.78, 5) is 2.37. The Kier molecular flexibility index (Phi) is 7.74. The van der Waals surface area contributed by atoms with Crippen molar-refractivity contribution < 1.29 is 4.39 Å². The van der Waals surface area contributed by atoms with Crippen LogP contribution in [0.3, 0.4) is 0 Å². The molecule has 0 amide bonds. The van der Waals surface area contributed by atoms with Crippen LogP contribution in [-0.2, 0) is 5.41 Å². The molecule has 0 spiro atoms. The van der Waals surface area contributed by atoms with E-state index in [9.17, 15) is 4.39 Å². The zero-order valence-corrected chi connectivity index (χ0v) is 30.8. The highest BCUT2D eigenvalue weighted by molar-refractivity contribution is 6.06. The molecule has 9 aromatic rings. The van der Waals surface area contributed by atoms with Crippen molar-refractivity contribution in [3.63, 3.8) is 0 Å². The molecular formula is C53H38FN. The summed E-state index contributed by atoms with van der Waals surface area (Å²) < 4.78 is 14.4. The quantitative estimate of drug-likeness (QED) is 0.166. The van der Waals surface area contributed by atoms with E-state index in [1.54, 1.807) is 12.1 Å². The second-order valence-electron chi connectivity index (χ2n) is 15.1. The molecule has 0 N–H and O–H groups in total. The van der Waals surface area contributed by atoms with Gasteiger partial charge in [0.1, 0.15) is 5.82 Å². The van der Waals surface area contributed by atoms with Gasteiger partial charge in [0.05, 0.1) is 0 Å². The highest BCUT2D eigenvalue weighted by atomic mass is 19.1. The molecule has 55 heavy (non-hydrogen) atoms. The summed E-state index contributed by atoms with van der Waals surface area (Å²) >= 11 is 0. The average molecular weight is 708 g/mol. The summed E-state index contributed by atoms with van der Waals surface area (Å²) in [5.74, 6) is -0.236. The molecule has 9 aromatic carbocycles. The fourth-order valence-electron chi connectivity index (χ4n) is 8.81. The maximum atomic E-state index is 14.4. The third kappa shape index (κ3) is 5.53. The fraction of sp³-hybridized carbons (Fsp3) is 0.0566. The first-order valence-electron chi connectivity index (χ1n) is 18.9. The Hall–Kier alpha value is -6.77. The van der Waals surface area contributed by atoms with E-state index >= 15 is 0 Å². The number of benzene rings is 9. The Bertz CT molecular complexity index is 2890. The van der Waals surface area contributed by atoms with Crippen molar-refractivity contribution in [3.8, 4) is 44.5 Å². The molecule has 262 valence electrons. The Morgan fingerprint density at radius 2 is 0.909 bits per heavy atom. The smallest absolute Gasteiger partial charge is 0.123 e. The number of hydrogen-bond acceptors (Lipinski definition) is 1. The van der Waals surface area contributed by atoms with Gasteiger partial charge in [-0.15, -0.1) is 0 Å². The largest absolute Gasteiger partial charge is 0.310 e. The molecule has 1 aliphatic rings. The topological polar surface area (TPSA) is 3.24 Å². The highest BCUT2D eigenvalue weighted by Gasteiger charge is 2.35. The molecular weight excluding hydrogens is 670 g/mol. The second kappa shape index (κ2) is 13.0. The van der Waals surface area contributed by atoms with Crippen LogP contribution in [0.15, 0.2) is 194 Å². The molecule has 10 rings (SSSR count). The molecule has 0 aromatic heterocycles. The minimum absolute atomic E-state index is 0.122. The summed E-state index contributed by atoms with van der Waals surface area (Å²) in [5, 5.41) is 4.73. The summed E-state index contributed by atoms with van der Waals surface area (Å²) in [5.41, 5.74) is 15.0. The molecule has 0 bridgehead atoms. The third-order valence-electron chi connectivity index (χ3n) is 11.5. The first kappa shape index (κ1) is 32.8. The van der Waals surface area contributed by atoms with Crippen LogP contribution in [0.1, 0.15) is 25.0 Å². The zero-order valence-electron chi connectivity index (χ0n) is 30.8. The van der Waals surface area contributed by atoms with Crippen LogP contribution in [0.4, 0.5) is 21.5 Å². The lowest BCUT2D eigenvalue weighted by Gasteiger charge is -2.28. The molecule has 0 atom stereocenters.